The topological polar surface area (TPSA) is 32.9 Å². The summed E-state index contributed by atoms with van der Waals surface area (Å²) in [5, 5.41) is 0.697. The van der Waals surface area contributed by atoms with Crippen molar-refractivity contribution >= 4 is 15.9 Å². The zero-order valence-electron chi connectivity index (χ0n) is 5.65. The number of nitrogens with one attached hydrogen (secondary N) is 1. The molecule has 0 amide bonds. The number of aryl methyl sites for hydroxylation is 1. The summed E-state index contributed by atoms with van der Waals surface area (Å²) < 4.78 is 0. The number of hydrogen-bond acceptors (Lipinski definition) is 1. The number of H-pyrrole nitrogens is 1. The zero-order chi connectivity index (χ0) is 7.56. The Hall–Kier alpha value is -0.570. The fourth-order valence-electron chi connectivity index (χ4n) is 0.663. The molecule has 1 N–H and O–H groups in total. The van der Waals surface area contributed by atoms with Crippen LogP contribution in [0.1, 0.15) is 11.3 Å². The number of alkyl halides is 1. The molecule has 0 bridgehead atoms. The molecule has 1 rings (SSSR count). The summed E-state index contributed by atoms with van der Waals surface area (Å²) in [7, 11) is 0. The molecule has 3 heteroatoms. The van der Waals surface area contributed by atoms with Crippen LogP contribution in [-0.4, -0.2) is 4.98 Å². The molecule has 0 aliphatic heterocycles. The maximum atomic E-state index is 11.0. The van der Waals surface area contributed by atoms with Gasteiger partial charge < -0.3 is 4.98 Å². The van der Waals surface area contributed by atoms with Gasteiger partial charge in [0, 0.05) is 28.9 Å². The van der Waals surface area contributed by atoms with E-state index >= 15 is 0 Å². The van der Waals surface area contributed by atoms with E-state index in [9.17, 15) is 4.79 Å². The standard InChI is InChI=1S/C7H8BrNO/c1-5-4-9-6(3-8)2-7(5)10/h2,4H,3H2,1H3,(H,9,10). The second-order valence-electron chi connectivity index (χ2n) is 2.14. The first-order valence-corrected chi connectivity index (χ1v) is 4.10. The van der Waals surface area contributed by atoms with Crippen LogP contribution >= 0.6 is 15.9 Å². The van der Waals surface area contributed by atoms with Crippen molar-refractivity contribution in [2.75, 3.05) is 0 Å². The van der Waals surface area contributed by atoms with E-state index in [4.69, 9.17) is 0 Å². The minimum absolute atomic E-state index is 0.0909. The van der Waals surface area contributed by atoms with Gasteiger partial charge in [-0.25, -0.2) is 0 Å². The monoisotopic (exact) mass is 201 g/mol. The second kappa shape index (κ2) is 3.01. The summed E-state index contributed by atoms with van der Waals surface area (Å²) >= 11 is 3.25. The summed E-state index contributed by atoms with van der Waals surface area (Å²) in [6, 6.07) is 1.60. The molecule has 54 valence electrons. The normalized spacial score (nSPS) is 9.80. The average molecular weight is 202 g/mol. The van der Waals surface area contributed by atoms with Crippen LogP contribution in [0.5, 0.6) is 0 Å². The van der Waals surface area contributed by atoms with Gasteiger partial charge in [-0.2, -0.15) is 0 Å². The molecule has 1 aromatic heterocycles. The molecule has 0 aliphatic carbocycles. The van der Waals surface area contributed by atoms with E-state index in [2.05, 4.69) is 20.9 Å². The first kappa shape index (κ1) is 7.54. The Bertz CT molecular complexity index is 279. The lowest BCUT2D eigenvalue weighted by Crippen LogP contribution is -2.05. The highest BCUT2D eigenvalue weighted by molar-refractivity contribution is 9.08. The predicted molar refractivity (Wildman–Crippen MR) is 44.4 cm³/mol. The molecule has 0 aliphatic rings. The molecule has 1 aromatic rings. The highest BCUT2D eigenvalue weighted by Gasteiger charge is 1.93. The van der Waals surface area contributed by atoms with E-state index in [0.717, 1.165) is 11.3 Å². The van der Waals surface area contributed by atoms with Crippen LogP contribution in [0, 0.1) is 6.92 Å². The number of aromatic nitrogens is 1. The Morgan fingerprint density at radius 3 is 2.90 bits per heavy atom. The Morgan fingerprint density at radius 1 is 1.70 bits per heavy atom. The van der Waals surface area contributed by atoms with E-state index in [1.54, 1.807) is 19.2 Å². The van der Waals surface area contributed by atoms with Gasteiger partial charge in [0.15, 0.2) is 5.43 Å². The molecule has 10 heavy (non-hydrogen) atoms. The molecule has 0 spiro atoms. The van der Waals surface area contributed by atoms with Gasteiger partial charge in [0.05, 0.1) is 0 Å². The van der Waals surface area contributed by atoms with Gasteiger partial charge in [0.25, 0.3) is 0 Å². The number of halogens is 1. The fraction of sp³-hybridized carbons (Fsp3) is 0.286. The maximum Gasteiger partial charge on any atom is 0.184 e. The number of aromatic amines is 1. The predicted octanol–water partition coefficient (Wildman–Crippen LogP) is 1.58. The van der Waals surface area contributed by atoms with Gasteiger partial charge in [-0.05, 0) is 6.92 Å². The van der Waals surface area contributed by atoms with Gasteiger partial charge >= 0.3 is 0 Å². The quantitative estimate of drug-likeness (QED) is 0.689. The summed E-state index contributed by atoms with van der Waals surface area (Å²) in [4.78, 5) is 13.9. The molecule has 0 saturated carbocycles. The van der Waals surface area contributed by atoms with Crippen LogP contribution < -0.4 is 5.43 Å². The molecule has 0 fully saturated rings. The van der Waals surface area contributed by atoms with Crippen LogP contribution in [0.25, 0.3) is 0 Å². The summed E-state index contributed by atoms with van der Waals surface area (Å²) in [5.74, 6) is 0. The SMILES string of the molecule is Cc1c[nH]c(CBr)cc1=O. The van der Waals surface area contributed by atoms with Crippen molar-refractivity contribution in [3.8, 4) is 0 Å². The van der Waals surface area contributed by atoms with Crippen molar-refractivity contribution in [3.63, 3.8) is 0 Å². The van der Waals surface area contributed by atoms with Gasteiger partial charge in [0.1, 0.15) is 0 Å². The van der Waals surface area contributed by atoms with Crippen LogP contribution in [0.3, 0.4) is 0 Å². The minimum Gasteiger partial charge on any atom is -0.364 e. The van der Waals surface area contributed by atoms with Gasteiger partial charge in [-0.15, -0.1) is 0 Å². The molecule has 1 heterocycles. The lowest BCUT2D eigenvalue weighted by atomic mass is 10.3. The van der Waals surface area contributed by atoms with Crippen LogP contribution in [0.2, 0.25) is 0 Å². The van der Waals surface area contributed by atoms with E-state index in [1.807, 2.05) is 0 Å². The summed E-state index contributed by atoms with van der Waals surface area (Å²) in [6.07, 6.45) is 1.72. The van der Waals surface area contributed by atoms with Crippen molar-refractivity contribution in [3.05, 3.63) is 33.7 Å². The molecule has 0 radical (unpaired) electrons. The molecular weight excluding hydrogens is 194 g/mol. The number of rotatable bonds is 1. The van der Waals surface area contributed by atoms with E-state index in [0.29, 0.717) is 5.33 Å². The second-order valence-corrected chi connectivity index (χ2v) is 2.70. The maximum absolute atomic E-state index is 11.0. The highest BCUT2D eigenvalue weighted by Crippen LogP contribution is 1.97. The largest absolute Gasteiger partial charge is 0.364 e. The van der Waals surface area contributed by atoms with Crippen molar-refractivity contribution in [1.82, 2.24) is 4.98 Å². The number of pyridine rings is 1. The molecule has 0 aromatic carbocycles. The summed E-state index contributed by atoms with van der Waals surface area (Å²) in [5.41, 5.74) is 1.76. The molecule has 0 unspecified atom stereocenters. The Kier molecular flexibility index (Phi) is 2.27. The lowest BCUT2D eigenvalue weighted by molar-refractivity contribution is 1.14. The zero-order valence-corrected chi connectivity index (χ0v) is 7.23. The van der Waals surface area contributed by atoms with E-state index in [-0.39, 0.29) is 5.43 Å². The third-order valence-corrected chi connectivity index (χ3v) is 1.92. The Labute approximate surface area is 67.4 Å². The third kappa shape index (κ3) is 1.48. The highest BCUT2D eigenvalue weighted by atomic mass is 79.9. The third-order valence-electron chi connectivity index (χ3n) is 1.31. The molecule has 2 nitrogen and oxygen atoms in total. The van der Waals surface area contributed by atoms with Crippen LogP contribution in [-0.2, 0) is 5.33 Å². The van der Waals surface area contributed by atoms with Crippen molar-refractivity contribution in [1.29, 1.82) is 0 Å². The van der Waals surface area contributed by atoms with Gasteiger partial charge in [-0.1, -0.05) is 15.9 Å². The fourth-order valence-corrected chi connectivity index (χ4v) is 0.987. The first-order chi connectivity index (χ1) is 4.74. The van der Waals surface area contributed by atoms with Gasteiger partial charge in [-0.3, -0.25) is 4.79 Å². The van der Waals surface area contributed by atoms with Crippen LogP contribution in [0.15, 0.2) is 17.1 Å². The average Bonchev–Trinajstić information content (AvgIpc) is 1.95. The van der Waals surface area contributed by atoms with Crippen molar-refractivity contribution in [2.45, 2.75) is 12.3 Å². The van der Waals surface area contributed by atoms with Crippen molar-refractivity contribution < 1.29 is 0 Å². The van der Waals surface area contributed by atoms with Crippen molar-refractivity contribution in [2.24, 2.45) is 0 Å². The van der Waals surface area contributed by atoms with Gasteiger partial charge in [0.2, 0.25) is 0 Å². The molecule has 0 atom stereocenters. The number of hydrogen-bond donors (Lipinski definition) is 1. The minimum atomic E-state index is 0.0909. The molecule has 0 saturated heterocycles. The van der Waals surface area contributed by atoms with E-state index in [1.165, 1.54) is 0 Å². The van der Waals surface area contributed by atoms with E-state index < -0.39 is 0 Å². The first-order valence-electron chi connectivity index (χ1n) is 2.98. The lowest BCUT2D eigenvalue weighted by Gasteiger charge is -1.94. The summed E-state index contributed by atoms with van der Waals surface area (Å²) in [6.45, 7) is 1.79. The Balaban J connectivity index is 3.17. The smallest absolute Gasteiger partial charge is 0.184 e. The molecular formula is C7H8BrNO. The van der Waals surface area contributed by atoms with Crippen LogP contribution in [0.4, 0.5) is 0 Å². The Morgan fingerprint density at radius 2 is 2.40 bits per heavy atom.